The SMILES string of the molecule is Cn1nc(C2CCC(=O)NC2=O)c2ccc(C3CCN(CC4CCN(C(=O)C5CCC(Nc6ncc(F)c(-c7cccc(-n8ccccc8=O)c7)n6)CC5)CC4)CC3)cc21. The van der Waals surface area contributed by atoms with Gasteiger partial charge in [0, 0.05) is 74.0 Å². The Morgan fingerprint density at radius 2 is 1.68 bits per heavy atom. The number of amides is 3. The fraction of sp³-hybridized carbons (Fsp3) is 0.457. The van der Waals surface area contributed by atoms with Crippen LogP contribution in [0.1, 0.15) is 87.3 Å². The van der Waals surface area contributed by atoms with Crippen LogP contribution in [0, 0.1) is 17.7 Å². The van der Waals surface area contributed by atoms with Gasteiger partial charge in [-0.2, -0.15) is 5.10 Å². The Morgan fingerprint density at radius 1 is 0.883 bits per heavy atom. The van der Waals surface area contributed by atoms with Crippen molar-refractivity contribution in [3.05, 3.63) is 100 Å². The molecule has 3 aliphatic heterocycles. The van der Waals surface area contributed by atoms with Crippen LogP contribution in [0.2, 0.25) is 0 Å². The molecule has 3 aromatic heterocycles. The van der Waals surface area contributed by atoms with E-state index in [1.165, 1.54) is 22.4 Å². The highest BCUT2D eigenvalue weighted by Gasteiger charge is 2.34. The lowest BCUT2D eigenvalue weighted by Gasteiger charge is -2.39. The normalized spacial score (nSPS) is 22.2. The summed E-state index contributed by atoms with van der Waals surface area (Å²) in [6.07, 6.45) is 11.2. The van der Waals surface area contributed by atoms with Crippen LogP contribution < -0.4 is 16.2 Å². The molecule has 312 valence electrons. The number of hydrogen-bond donors (Lipinski definition) is 2. The zero-order valence-corrected chi connectivity index (χ0v) is 34.1. The smallest absolute Gasteiger partial charge is 0.255 e. The van der Waals surface area contributed by atoms with Gasteiger partial charge in [-0.1, -0.05) is 30.3 Å². The largest absolute Gasteiger partial charge is 0.351 e. The molecule has 5 aromatic rings. The summed E-state index contributed by atoms with van der Waals surface area (Å²) in [5.41, 5.74) is 4.26. The number of hydrogen-bond acceptors (Lipinski definition) is 9. The fourth-order valence-corrected chi connectivity index (χ4v) is 9.93. The Kier molecular flexibility index (Phi) is 11.3. The van der Waals surface area contributed by atoms with Crippen molar-refractivity contribution in [2.24, 2.45) is 18.9 Å². The predicted molar refractivity (Wildman–Crippen MR) is 226 cm³/mol. The third-order valence-corrected chi connectivity index (χ3v) is 13.3. The van der Waals surface area contributed by atoms with Gasteiger partial charge in [0.25, 0.3) is 5.56 Å². The van der Waals surface area contributed by atoms with Gasteiger partial charge in [-0.05, 0) is 113 Å². The molecule has 14 heteroatoms. The minimum Gasteiger partial charge on any atom is -0.351 e. The van der Waals surface area contributed by atoms with Gasteiger partial charge in [0.05, 0.1) is 23.3 Å². The number of fused-ring (bicyclic) bond motifs is 1. The monoisotopic (exact) mass is 813 g/mol. The van der Waals surface area contributed by atoms with Crippen LogP contribution in [-0.2, 0) is 21.4 Å². The van der Waals surface area contributed by atoms with Crippen LogP contribution in [0.15, 0.2) is 77.9 Å². The highest BCUT2D eigenvalue weighted by Crippen LogP contribution is 2.36. The number of nitrogens with zero attached hydrogens (tertiary/aromatic N) is 7. The number of nitrogens with one attached hydrogen (secondary N) is 2. The first-order chi connectivity index (χ1) is 29.2. The highest BCUT2D eigenvalue weighted by atomic mass is 19.1. The first kappa shape index (κ1) is 39.7. The van der Waals surface area contributed by atoms with Gasteiger partial charge >= 0.3 is 0 Å². The summed E-state index contributed by atoms with van der Waals surface area (Å²) in [6.45, 7) is 4.82. The number of halogens is 1. The van der Waals surface area contributed by atoms with Crippen molar-refractivity contribution >= 4 is 34.6 Å². The first-order valence-electron chi connectivity index (χ1n) is 21.6. The van der Waals surface area contributed by atoms with E-state index in [0.717, 1.165) is 101 Å². The molecule has 3 amide bonds. The summed E-state index contributed by atoms with van der Waals surface area (Å²) in [5, 5.41) is 11.6. The second kappa shape index (κ2) is 17.1. The van der Waals surface area contributed by atoms with Crippen LogP contribution in [0.3, 0.4) is 0 Å². The molecule has 4 aliphatic rings. The molecular formula is C46H52FN9O4. The van der Waals surface area contributed by atoms with E-state index >= 15 is 4.39 Å². The molecule has 13 nitrogen and oxygen atoms in total. The van der Waals surface area contributed by atoms with Gasteiger partial charge < -0.3 is 15.1 Å². The Hall–Kier alpha value is -5.76. The number of carbonyl (C=O) groups excluding carboxylic acids is 3. The van der Waals surface area contributed by atoms with Crippen molar-refractivity contribution in [3.63, 3.8) is 0 Å². The topological polar surface area (TPSA) is 147 Å². The standard InChI is InChI=1S/C46H52FN9O4/c1-53-39-26-32(10-13-36(39)43(52-53)37-14-15-40(57)50-44(37)59)30-18-21-54(22-19-30)28-29-16-23-55(24-17-29)45(60)31-8-11-34(12-9-31)49-46-48-27-38(47)42(51-46)33-5-4-6-35(25-33)56-20-3-2-7-41(56)58/h2-7,10,13,20,25-27,29-31,34,37H,8-9,11-12,14-19,21-24,28H2,1H3,(H,48,49,51)(H,50,57,59). The zero-order valence-electron chi connectivity index (χ0n) is 34.1. The van der Waals surface area contributed by atoms with Crippen molar-refractivity contribution in [1.29, 1.82) is 0 Å². The van der Waals surface area contributed by atoms with Crippen molar-refractivity contribution in [1.82, 2.24) is 39.4 Å². The molecule has 2 N–H and O–H groups in total. The van der Waals surface area contributed by atoms with Gasteiger partial charge in [-0.15, -0.1) is 0 Å². The van der Waals surface area contributed by atoms with Gasteiger partial charge in [0.15, 0.2) is 5.82 Å². The molecule has 0 radical (unpaired) electrons. The lowest BCUT2D eigenvalue weighted by molar-refractivity contribution is -0.138. The Morgan fingerprint density at radius 3 is 2.45 bits per heavy atom. The van der Waals surface area contributed by atoms with Crippen LogP contribution >= 0.6 is 0 Å². The van der Waals surface area contributed by atoms with E-state index in [9.17, 15) is 19.2 Å². The molecule has 4 fully saturated rings. The van der Waals surface area contributed by atoms with Crippen LogP contribution in [0.25, 0.3) is 27.8 Å². The Bertz CT molecular complexity index is 2460. The number of carbonyl (C=O) groups is 3. The van der Waals surface area contributed by atoms with Crippen LogP contribution in [0.5, 0.6) is 0 Å². The lowest BCUT2D eigenvalue weighted by atomic mass is 9.84. The molecule has 3 saturated heterocycles. The molecule has 2 aromatic carbocycles. The number of imide groups is 1. The highest BCUT2D eigenvalue weighted by molar-refractivity contribution is 6.02. The summed E-state index contributed by atoms with van der Waals surface area (Å²) in [4.78, 5) is 63.8. The van der Waals surface area contributed by atoms with E-state index in [1.54, 1.807) is 42.6 Å². The number of benzene rings is 2. The average Bonchev–Trinajstić information content (AvgIpc) is 3.59. The Balaban J connectivity index is 0.721. The van der Waals surface area contributed by atoms with Gasteiger partial charge in [0.2, 0.25) is 23.7 Å². The predicted octanol–water partition coefficient (Wildman–Crippen LogP) is 5.93. The fourth-order valence-electron chi connectivity index (χ4n) is 9.93. The summed E-state index contributed by atoms with van der Waals surface area (Å²) in [5.74, 6) is 0.296. The summed E-state index contributed by atoms with van der Waals surface area (Å²) in [7, 11) is 1.93. The molecule has 1 aliphatic carbocycles. The third-order valence-electron chi connectivity index (χ3n) is 13.3. The zero-order chi connectivity index (χ0) is 41.3. The van der Waals surface area contributed by atoms with E-state index in [-0.39, 0.29) is 40.9 Å². The summed E-state index contributed by atoms with van der Waals surface area (Å²) in [6, 6.07) is 18.7. The van der Waals surface area contributed by atoms with E-state index in [1.807, 2.05) is 11.7 Å². The van der Waals surface area contributed by atoms with Crippen LogP contribution in [0.4, 0.5) is 10.3 Å². The minimum atomic E-state index is -0.540. The quantitative estimate of drug-likeness (QED) is 0.173. The molecule has 1 unspecified atom stereocenters. The number of piperidine rings is 3. The molecule has 9 rings (SSSR count). The molecule has 1 saturated carbocycles. The number of pyridine rings is 1. The summed E-state index contributed by atoms with van der Waals surface area (Å²) < 4.78 is 18.4. The van der Waals surface area contributed by atoms with Gasteiger partial charge in [0.1, 0.15) is 5.69 Å². The van der Waals surface area contributed by atoms with E-state index in [0.29, 0.717) is 41.9 Å². The maximum Gasteiger partial charge on any atom is 0.255 e. The molecule has 6 heterocycles. The second-order valence-electron chi connectivity index (χ2n) is 17.2. The number of anilines is 1. The maximum atomic E-state index is 15.0. The second-order valence-corrected chi connectivity index (χ2v) is 17.2. The van der Waals surface area contributed by atoms with E-state index < -0.39 is 11.7 Å². The molecule has 0 spiro atoms. The molecular weight excluding hydrogens is 762 g/mol. The van der Waals surface area contributed by atoms with Crippen molar-refractivity contribution < 1.29 is 18.8 Å². The van der Waals surface area contributed by atoms with Crippen molar-refractivity contribution in [3.8, 4) is 16.9 Å². The van der Waals surface area contributed by atoms with Crippen molar-refractivity contribution in [2.75, 3.05) is 38.0 Å². The molecule has 1 atom stereocenters. The first-order valence-corrected chi connectivity index (χ1v) is 21.6. The van der Waals surface area contributed by atoms with Gasteiger partial charge in [-0.25, -0.2) is 14.4 Å². The van der Waals surface area contributed by atoms with E-state index in [4.69, 9.17) is 5.10 Å². The summed E-state index contributed by atoms with van der Waals surface area (Å²) >= 11 is 0. The maximum absolute atomic E-state index is 15.0. The van der Waals surface area contributed by atoms with Gasteiger partial charge in [-0.3, -0.25) is 33.7 Å². The number of likely N-dealkylation sites (tertiary alicyclic amines) is 2. The third kappa shape index (κ3) is 8.34. The number of rotatable bonds is 9. The number of aromatic nitrogens is 5. The van der Waals surface area contributed by atoms with E-state index in [2.05, 4.69) is 48.6 Å². The lowest BCUT2D eigenvalue weighted by Crippen LogP contribution is -2.45. The minimum absolute atomic E-state index is 0.0158. The molecule has 60 heavy (non-hydrogen) atoms. The Labute approximate surface area is 348 Å². The number of aryl methyl sites for hydroxylation is 1. The van der Waals surface area contributed by atoms with Crippen LogP contribution in [-0.4, -0.2) is 90.6 Å². The average molecular weight is 814 g/mol. The van der Waals surface area contributed by atoms with Crippen molar-refractivity contribution in [2.45, 2.75) is 82.1 Å². The molecule has 0 bridgehead atoms.